The topological polar surface area (TPSA) is 32.3 Å². The lowest BCUT2D eigenvalue weighted by molar-refractivity contribution is -0.114. The van der Waals surface area contributed by atoms with Gasteiger partial charge in [0, 0.05) is 12.7 Å². The van der Waals surface area contributed by atoms with E-state index in [1.54, 1.807) is 42.3 Å². The van der Waals surface area contributed by atoms with Crippen LogP contribution in [0.25, 0.3) is 0 Å². The Morgan fingerprint density at radius 1 is 1.11 bits per heavy atom. The number of amides is 1. The Kier molecular flexibility index (Phi) is 4.13. The summed E-state index contributed by atoms with van der Waals surface area (Å²) in [5, 5.41) is 2.76. The molecule has 0 aromatic heterocycles. The van der Waals surface area contributed by atoms with Crippen molar-refractivity contribution in [3.05, 3.63) is 60.4 Å². The molecule has 0 bridgehead atoms. The molecular formula is C15H15FN2O. The second-order valence-corrected chi connectivity index (χ2v) is 4.22. The summed E-state index contributed by atoms with van der Waals surface area (Å²) in [6.07, 6.45) is 0. The number of carbonyl (C=O) groups is 1. The summed E-state index contributed by atoms with van der Waals surface area (Å²) in [5.74, 6) is -0.519. The Morgan fingerprint density at radius 3 is 2.42 bits per heavy atom. The van der Waals surface area contributed by atoms with Crippen LogP contribution in [0.15, 0.2) is 54.6 Å². The largest absolute Gasteiger partial charge is 0.363 e. The molecule has 98 valence electrons. The molecular weight excluding hydrogens is 243 g/mol. The predicted octanol–water partition coefficient (Wildman–Crippen LogP) is 2.90. The molecule has 2 aromatic carbocycles. The maximum Gasteiger partial charge on any atom is 0.243 e. The van der Waals surface area contributed by atoms with E-state index >= 15 is 0 Å². The van der Waals surface area contributed by atoms with Gasteiger partial charge >= 0.3 is 0 Å². The molecule has 4 heteroatoms. The average molecular weight is 258 g/mol. The number of para-hydroxylation sites is 2. The van der Waals surface area contributed by atoms with Gasteiger partial charge in [-0.15, -0.1) is 0 Å². The Labute approximate surface area is 111 Å². The number of hydrogen-bond acceptors (Lipinski definition) is 2. The summed E-state index contributed by atoms with van der Waals surface area (Å²) in [5.41, 5.74) is 1.14. The van der Waals surface area contributed by atoms with Gasteiger partial charge in [-0.1, -0.05) is 30.3 Å². The molecule has 0 saturated carbocycles. The monoisotopic (exact) mass is 258 g/mol. The molecule has 0 fully saturated rings. The molecule has 0 unspecified atom stereocenters. The second-order valence-electron chi connectivity index (χ2n) is 4.22. The van der Waals surface area contributed by atoms with E-state index in [4.69, 9.17) is 0 Å². The van der Waals surface area contributed by atoms with Crippen LogP contribution in [-0.2, 0) is 4.79 Å². The maximum absolute atomic E-state index is 13.5. The minimum absolute atomic E-state index is 0.0931. The van der Waals surface area contributed by atoms with E-state index in [1.807, 2.05) is 18.2 Å². The van der Waals surface area contributed by atoms with Crippen molar-refractivity contribution >= 4 is 17.3 Å². The highest BCUT2D eigenvalue weighted by atomic mass is 19.1. The molecule has 2 rings (SSSR count). The van der Waals surface area contributed by atoms with Crippen LogP contribution >= 0.6 is 0 Å². The quantitative estimate of drug-likeness (QED) is 0.914. The molecule has 19 heavy (non-hydrogen) atoms. The lowest BCUT2D eigenvalue weighted by Crippen LogP contribution is -2.30. The zero-order valence-electron chi connectivity index (χ0n) is 10.6. The van der Waals surface area contributed by atoms with Gasteiger partial charge in [-0.25, -0.2) is 4.39 Å². The van der Waals surface area contributed by atoms with Crippen molar-refractivity contribution in [2.24, 2.45) is 0 Å². The van der Waals surface area contributed by atoms with E-state index in [2.05, 4.69) is 5.32 Å². The van der Waals surface area contributed by atoms with Crippen molar-refractivity contribution in [3.8, 4) is 0 Å². The third-order valence-corrected chi connectivity index (χ3v) is 2.70. The molecule has 0 radical (unpaired) electrons. The van der Waals surface area contributed by atoms with Crippen molar-refractivity contribution in [1.82, 2.24) is 0 Å². The molecule has 0 aliphatic carbocycles. The maximum atomic E-state index is 13.5. The van der Waals surface area contributed by atoms with Crippen LogP contribution in [0.3, 0.4) is 0 Å². The third kappa shape index (κ3) is 3.55. The highest BCUT2D eigenvalue weighted by Crippen LogP contribution is 2.16. The molecule has 0 aliphatic heterocycles. The first-order valence-corrected chi connectivity index (χ1v) is 5.97. The first kappa shape index (κ1) is 13.1. The van der Waals surface area contributed by atoms with E-state index in [9.17, 15) is 9.18 Å². The molecule has 3 nitrogen and oxygen atoms in total. The summed E-state index contributed by atoms with van der Waals surface area (Å²) >= 11 is 0. The van der Waals surface area contributed by atoms with Crippen molar-refractivity contribution in [2.75, 3.05) is 23.8 Å². The lowest BCUT2D eigenvalue weighted by atomic mass is 10.2. The SMILES string of the molecule is CN(CC(=O)Nc1ccccc1)c1ccccc1F. The van der Waals surface area contributed by atoms with Crippen LogP contribution in [0.5, 0.6) is 0 Å². The van der Waals surface area contributed by atoms with Gasteiger partial charge in [0.2, 0.25) is 5.91 Å². The van der Waals surface area contributed by atoms with Crippen LogP contribution in [0.4, 0.5) is 15.8 Å². The minimum atomic E-state index is -0.336. The smallest absolute Gasteiger partial charge is 0.243 e. The first-order chi connectivity index (χ1) is 9.16. The van der Waals surface area contributed by atoms with Gasteiger partial charge in [-0.3, -0.25) is 4.79 Å². The van der Waals surface area contributed by atoms with Gasteiger partial charge in [-0.05, 0) is 24.3 Å². The van der Waals surface area contributed by atoms with Crippen LogP contribution in [0, 0.1) is 5.82 Å². The zero-order valence-corrected chi connectivity index (χ0v) is 10.6. The second kappa shape index (κ2) is 6.00. The molecule has 0 aliphatic rings. The van der Waals surface area contributed by atoms with Crippen LogP contribution in [0.2, 0.25) is 0 Å². The number of carbonyl (C=O) groups excluding carboxylic acids is 1. The van der Waals surface area contributed by atoms with Gasteiger partial charge < -0.3 is 10.2 Å². The molecule has 0 spiro atoms. The molecule has 1 amide bonds. The summed E-state index contributed by atoms with van der Waals surface area (Å²) in [7, 11) is 1.68. The van der Waals surface area contributed by atoms with E-state index < -0.39 is 0 Å². The molecule has 1 N–H and O–H groups in total. The van der Waals surface area contributed by atoms with Crippen molar-refractivity contribution in [2.45, 2.75) is 0 Å². The number of likely N-dealkylation sites (N-methyl/N-ethyl adjacent to an activating group) is 1. The summed E-state index contributed by atoms with van der Waals surface area (Å²) in [6, 6.07) is 15.6. The summed E-state index contributed by atoms with van der Waals surface area (Å²) in [6.45, 7) is 0.0931. The number of anilines is 2. The number of benzene rings is 2. The number of nitrogens with zero attached hydrogens (tertiary/aromatic N) is 1. The van der Waals surface area contributed by atoms with E-state index in [-0.39, 0.29) is 18.3 Å². The van der Waals surface area contributed by atoms with Crippen LogP contribution in [-0.4, -0.2) is 19.5 Å². The molecule has 0 saturated heterocycles. The normalized spacial score (nSPS) is 10.0. The Morgan fingerprint density at radius 2 is 1.74 bits per heavy atom. The minimum Gasteiger partial charge on any atom is -0.363 e. The molecule has 0 heterocycles. The summed E-state index contributed by atoms with van der Waals surface area (Å²) < 4.78 is 13.5. The fraction of sp³-hybridized carbons (Fsp3) is 0.133. The van der Waals surface area contributed by atoms with Gasteiger partial charge in [-0.2, -0.15) is 0 Å². The van der Waals surface area contributed by atoms with Gasteiger partial charge in [0.25, 0.3) is 0 Å². The number of halogens is 1. The van der Waals surface area contributed by atoms with Crippen molar-refractivity contribution in [1.29, 1.82) is 0 Å². The van der Waals surface area contributed by atoms with E-state index in [1.165, 1.54) is 6.07 Å². The summed E-state index contributed by atoms with van der Waals surface area (Å²) in [4.78, 5) is 13.4. The van der Waals surface area contributed by atoms with E-state index in [0.29, 0.717) is 5.69 Å². The first-order valence-electron chi connectivity index (χ1n) is 5.97. The van der Waals surface area contributed by atoms with Crippen LogP contribution in [0.1, 0.15) is 0 Å². The van der Waals surface area contributed by atoms with Gasteiger partial charge in [0.1, 0.15) is 5.82 Å². The predicted molar refractivity (Wildman–Crippen MR) is 74.7 cm³/mol. The Balaban J connectivity index is 1.98. The van der Waals surface area contributed by atoms with Crippen molar-refractivity contribution < 1.29 is 9.18 Å². The number of rotatable bonds is 4. The Hall–Kier alpha value is -2.36. The fourth-order valence-electron chi connectivity index (χ4n) is 1.78. The number of nitrogens with one attached hydrogen (secondary N) is 1. The van der Waals surface area contributed by atoms with Crippen molar-refractivity contribution in [3.63, 3.8) is 0 Å². The highest BCUT2D eigenvalue weighted by molar-refractivity contribution is 5.93. The van der Waals surface area contributed by atoms with Crippen LogP contribution < -0.4 is 10.2 Å². The zero-order chi connectivity index (χ0) is 13.7. The molecule has 2 aromatic rings. The van der Waals surface area contributed by atoms with Gasteiger partial charge in [0.05, 0.1) is 12.2 Å². The standard InChI is InChI=1S/C15H15FN2O/c1-18(14-10-6-5-9-13(14)16)11-15(19)17-12-7-3-2-4-8-12/h2-10H,11H2,1H3,(H,17,19). The lowest BCUT2D eigenvalue weighted by Gasteiger charge is -2.19. The molecule has 0 atom stereocenters. The van der Waals surface area contributed by atoms with Gasteiger partial charge in [0.15, 0.2) is 0 Å². The van der Waals surface area contributed by atoms with E-state index in [0.717, 1.165) is 5.69 Å². The fourth-order valence-corrected chi connectivity index (χ4v) is 1.78. The average Bonchev–Trinajstić information content (AvgIpc) is 2.40. The third-order valence-electron chi connectivity index (χ3n) is 2.70. The highest BCUT2D eigenvalue weighted by Gasteiger charge is 2.10. The number of hydrogen-bond donors (Lipinski definition) is 1. The Bertz CT molecular complexity index is 557.